The maximum Gasteiger partial charge on any atom is 0.273 e. The van der Waals surface area contributed by atoms with Gasteiger partial charge in [0.05, 0.1) is 12.2 Å². The number of aromatic amines is 1. The minimum absolute atomic E-state index is 0.219. The van der Waals surface area contributed by atoms with Crippen molar-refractivity contribution in [1.29, 1.82) is 0 Å². The quantitative estimate of drug-likeness (QED) is 0.619. The van der Waals surface area contributed by atoms with Crippen molar-refractivity contribution in [3.05, 3.63) is 71.2 Å². The molecular weight excluding hydrogens is 373 g/mol. The summed E-state index contributed by atoms with van der Waals surface area (Å²) in [5.74, 6) is -1.01. The van der Waals surface area contributed by atoms with Crippen molar-refractivity contribution >= 4 is 17.5 Å². The Morgan fingerprint density at radius 3 is 2.69 bits per heavy atom. The number of aromatic nitrogens is 2. The Morgan fingerprint density at radius 1 is 1.14 bits per heavy atom. The minimum Gasteiger partial charge on any atom is -0.369 e. The van der Waals surface area contributed by atoms with Gasteiger partial charge >= 0.3 is 0 Å². The fraction of sp³-hybridized carbons (Fsp3) is 0.190. The van der Waals surface area contributed by atoms with Crippen molar-refractivity contribution < 1.29 is 14.0 Å². The van der Waals surface area contributed by atoms with Crippen LogP contribution in [0.2, 0.25) is 0 Å². The summed E-state index contributed by atoms with van der Waals surface area (Å²) in [5, 5.41) is 9.70. The molecule has 2 amide bonds. The van der Waals surface area contributed by atoms with Crippen LogP contribution in [-0.4, -0.2) is 40.0 Å². The molecule has 0 unspecified atom stereocenters. The summed E-state index contributed by atoms with van der Waals surface area (Å²) in [6, 6.07) is 13.3. The largest absolute Gasteiger partial charge is 0.369 e. The third-order valence-electron chi connectivity index (χ3n) is 4.90. The molecule has 2 heterocycles. The third-order valence-corrected chi connectivity index (χ3v) is 4.90. The number of hydrogen-bond acceptors (Lipinski definition) is 4. The Labute approximate surface area is 166 Å². The van der Waals surface area contributed by atoms with Gasteiger partial charge in [-0.15, -0.1) is 0 Å². The van der Waals surface area contributed by atoms with E-state index in [9.17, 15) is 14.0 Å². The van der Waals surface area contributed by atoms with Crippen LogP contribution in [0, 0.1) is 5.82 Å². The number of benzene rings is 2. The van der Waals surface area contributed by atoms with E-state index in [-0.39, 0.29) is 24.2 Å². The first-order valence-electron chi connectivity index (χ1n) is 9.23. The first-order chi connectivity index (χ1) is 14.0. The molecule has 4 rings (SSSR count). The zero-order chi connectivity index (χ0) is 20.4. The van der Waals surface area contributed by atoms with E-state index in [1.165, 1.54) is 17.7 Å². The van der Waals surface area contributed by atoms with Crippen LogP contribution >= 0.6 is 0 Å². The zero-order valence-corrected chi connectivity index (χ0v) is 15.6. The summed E-state index contributed by atoms with van der Waals surface area (Å²) in [5.41, 5.74) is 9.78. The first-order valence-corrected chi connectivity index (χ1v) is 9.23. The number of amides is 2. The lowest BCUT2D eigenvalue weighted by Crippen LogP contribution is -2.37. The predicted octanol–water partition coefficient (Wildman–Crippen LogP) is 2.31. The van der Waals surface area contributed by atoms with E-state index in [2.05, 4.69) is 15.5 Å². The zero-order valence-electron chi connectivity index (χ0n) is 15.6. The fourth-order valence-corrected chi connectivity index (χ4v) is 3.45. The summed E-state index contributed by atoms with van der Waals surface area (Å²) < 4.78 is 13.1. The first kappa shape index (κ1) is 18.8. The van der Waals surface area contributed by atoms with E-state index in [1.807, 2.05) is 23.1 Å². The number of nitrogens with two attached hydrogens (primary N) is 1. The lowest BCUT2D eigenvalue weighted by molar-refractivity contribution is -0.119. The molecule has 148 valence electrons. The molecule has 0 saturated carbocycles. The molecule has 0 aliphatic carbocycles. The highest BCUT2D eigenvalue weighted by atomic mass is 19.1. The normalized spacial score (nSPS) is 13.7. The molecule has 1 aromatic heterocycles. The number of rotatable bonds is 5. The Kier molecular flexibility index (Phi) is 5.09. The molecule has 3 aromatic rings. The molecule has 0 saturated heterocycles. The van der Waals surface area contributed by atoms with Gasteiger partial charge in [0.2, 0.25) is 5.91 Å². The molecular formula is C21H20FN5O2. The number of nitrogens with one attached hydrogen (secondary N) is 2. The standard InChI is InChI=1S/C21H20FN5O2/c22-16-4-1-14(2-5-16)18-10-19(26-25-18)21(29)24-17-6-3-13-7-8-27(12-20(23)28)11-15(13)9-17/h1-6,9-10H,7-8,11-12H2,(H2,23,28)(H,24,29)(H,25,26). The molecule has 0 spiro atoms. The van der Waals surface area contributed by atoms with Crippen LogP contribution in [0.4, 0.5) is 10.1 Å². The monoisotopic (exact) mass is 393 g/mol. The SMILES string of the molecule is NC(=O)CN1CCc2ccc(NC(=O)c3cc(-c4ccc(F)cc4)n[nH]3)cc2C1. The number of carbonyl (C=O) groups excluding carboxylic acids is 2. The van der Waals surface area contributed by atoms with E-state index >= 15 is 0 Å². The maximum atomic E-state index is 13.1. The number of nitrogens with zero attached hydrogens (tertiary/aromatic N) is 2. The molecule has 0 bridgehead atoms. The minimum atomic E-state index is -0.353. The Morgan fingerprint density at radius 2 is 1.93 bits per heavy atom. The summed E-state index contributed by atoms with van der Waals surface area (Å²) >= 11 is 0. The van der Waals surface area contributed by atoms with E-state index in [1.54, 1.807) is 18.2 Å². The summed E-state index contributed by atoms with van der Waals surface area (Å²) in [7, 11) is 0. The molecule has 0 atom stereocenters. The van der Waals surface area contributed by atoms with Crippen LogP contribution in [0.25, 0.3) is 11.3 Å². The Hall–Kier alpha value is -3.52. The van der Waals surface area contributed by atoms with Gasteiger partial charge in [0.25, 0.3) is 5.91 Å². The topological polar surface area (TPSA) is 104 Å². The van der Waals surface area contributed by atoms with Gasteiger partial charge in [-0.25, -0.2) is 4.39 Å². The van der Waals surface area contributed by atoms with Crippen LogP contribution in [-0.2, 0) is 17.8 Å². The van der Waals surface area contributed by atoms with E-state index in [4.69, 9.17) is 5.73 Å². The molecule has 7 nitrogen and oxygen atoms in total. The molecule has 1 aliphatic heterocycles. The fourth-order valence-electron chi connectivity index (χ4n) is 3.45. The lowest BCUT2D eigenvalue weighted by atomic mass is 9.99. The van der Waals surface area contributed by atoms with Gasteiger partial charge in [0.15, 0.2) is 0 Å². The van der Waals surface area contributed by atoms with E-state index in [0.717, 1.165) is 18.5 Å². The van der Waals surface area contributed by atoms with Crippen molar-refractivity contribution in [2.45, 2.75) is 13.0 Å². The number of fused-ring (bicyclic) bond motifs is 1. The number of halogens is 1. The van der Waals surface area contributed by atoms with Gasteiger partial charge in [-0.2, -0.15) is 5.10 Å². The second kappa shape index (κ2) is 7.84. The molecule has 1 aliphatic rings. The molecule has 0 radical (unpaired) electrons. The molecule has 4 N–H and O–H groups in total. The van der Waals surface area contributed by atoms with Crippen LogP contribution in [0.15, 0.2) is 48.5 Å². The third kappa shape index (κ3) is 4.33. The maximum absolute atomic E-state index is 13.1. The van der Waals surface area contributed by atoms with Crippen molar-refractivity contribution in [3.63, 3.8) is 0 Å². The van der Waals surface area contributed by atoms with Gasteiger partial charge in [-0.3, -0.25) is 19.6 Å². The van der Waals surface area contributed by atoms with Crippen LogP contribution in [0.3, 0.4) is 0 Å². The van der Waals surface area contributed by atoms with Crippen molar-refractivity contribution in [3.8, 4) is 11.3 Å². The smallest absolute Gasteiger partial charge is 0.273 e. The summed E-state index contributed by atoms with van der Waals surface area (Å²) in [6.07, 6.45) is 0.832. The van der Waals surface area contributed by atoms with Gasteiger partial charge in [0, 0.05) is 24.3 Å². The van der Waals surface area contributed by atoms with Crippen molar-refractivity contribution in [1.82, 2.24) is 15.1 Å². The number of hydrogen-bond donors (Lipinski definition) is 3. The number of primary amides is 1. The Bertz CT molecular complexity index is 1060. The van der Waals surface area contributed by atoms with E-state index < -0.39 is 0 Å². The van der Waals surface area contributed by atoms with Crippen molar-refractivity contribution in [2.24, 2.45) is 5.73 Å². The second-order valence-electron chi connectivity index (χ2n) is 7.04. The van der Waals surface area contributed by atoms with Gasteiger partial charge < -0.3 is 11.1 Å². The highest BCUT2D eigenvalue weighted by molar-refractivity contribution is 6.03. The second-order valence-corrected chi connectivity index (χ2v) is 7.04. The van der Waals surface area contributed by atoms with E-state index in [0.29, 0.717) is 29.2 Å². The summed E-state index contributed by atoms with van der Waals surface area (Å²) in [6.45, 7) is 1.61. The average Bonchev–Trinajstić information content (AvgIpc) is 3.18. The van der Waals surface area contributed by atoms with Gasteiger partial charge in [0.1, 0.15) is 11.5 Å². The highest BCUT2D eigenvalue weighted by Gasteiger charge is 2.19. The molecule has 29 heavy (non-hydrogen) atoms. The predicted molar refractivity (Wildman–Crippen MR) is 107 cm³/mol. The van der Waals surface area contributed by atoms with Gasteiger partial charge in [-0.1, -0.05) is 6.07 Å². The van der Waals surface area contributed by atoms with Crippen molar-refractivity contribution in [2.75, 3.05) is 18.4 Å². The highest BCUT2D eigenvalue weighted by Crippen LogP contribution is 2.23. The molecule has 0 fully saturated rings. The number of anilines is 1. The lowest BCUT2D eigenvalue weighted by Gasteiger charge is -2.28. The molecule has 2 aromatic carbocycles. The van der Waals surface area contributed by atoms with Crippen LogP contribution in [0.5, 0.6) is 0 Å². The number of H-pyrrole nitrogens is 1. The summed E-state index contributed by atoms with van der Waals surface area (Å²) in [4.78, 5) is 25.7. The number of carbonyl (C=O) groups is 2. The van der Waals surface area contributed by atoms with Gasteiger partial charge in [-0.05, 0) is 60.0 Å². The Balaban J connectivity index is 1.46. The average molecular weight is 393 g/mol. The van der Waals surface area contributed by atoms with Crippen LogP contribution in [0.1, 0.15) is 21.6 Å². The molecule has 8 heteroatoms. The van der Waals surface area contributed by atoms with Crippen LogP contribution < -0.4 is 11.1 Å².